The normalized spacial score (nSPS) is 22.9. The van der Waals surface area contributed by atoms with Gasteiger partial charge >= 0.3 is 5.97 Å². The van der Waals surface area contributed by atoms with E-state index < -0.39 is 5.97 Å². The number of aliphatic carboxylic acids is 1. The van der Waals surface area contributed by atoms with E-state index in [1.165, 1.54) is 89.9 Å². The molecule has 0 aromatic carbocycles. The smallest absolute Gasteiger partial charge is 0.327 e. The number of carboxylic acid groups (broad SMARTS) is 1. The first-order chi connectivity index (χ1) is 12.2. The van der Waals surface area contributed by atoms with E-state index in [9.17, 15) is 4.79 Å². The molecule has 1 N–H and O–H groups in total. The van der Waals surface area contributed by atoms with E-state index in [-0.39, 0.29) is 0 Å². The second kappa shape index (κ2) is 15.5. The molecular formula is C23H42O2. The molecule has 2 rings (SSSR count). The molecule has 0 spiro atoms. The van der Waals surface area contributed by atoms with Gasteiger partial charge < -0.3 is 5.11 Å². The molecule has 0 aliphatic heterocycles. The maximum Gasteiger partial charge on any atom is 0.327 e. The highest BCUT2D eigenvalue weighted by Crippen LogP contribution is 2.34. The molecule has 2 saturated carbocycles. The third-order valence-corrected chi connectivity index (χ3v) is 6.14. The highest BCUT2D eigenvalue weighted by molar-refractivity contribution is 5.78. The van der Waals surface area contributed by atoms with Crippen LogP contribution in [0.4, 0.5) is 0 Å². The van der Waals surface area contributed by atoms with E-state index in [0.717, 1.165) is 17.9 Å². The van der Waals surface area contributed by atoms with Crippen LogP contribution < -0.4 is 0 Å². The van der Waals surface area contributed by atoms with Gasteiger partial charge in [0.2, 0.25) is 0 Å². The summed E-state index contributed by atoms with van der Waals surface area (Å²) < 4.78 is 0. The van der Waals surface area contributed by atoms with Crippen LogP contribution >= 0.6 is 0 Å². The van der Waals surface area contributed by atoms with Crippen LogP contribution in [0.1, 0.15) is 116 Å². The monoisotopic (exact) mass is 350 g/mol. The van der Waals surface area contributed by atoms with Gasteiger partial charge in [-0.1, -0.05) is 122 Å². The second-order valence-electron chi connectivity index (χ2n) is 8.17. The summed E-state index contributed by atoms with van der Waals surface area (Å²) in [4.78, 5) is 9.25. The minimum atomic E-state index is -0.981. The van der Waals surface area contributed by atoms with Gasteiger partial charge in [-0.25, -0.2) is 4.79 Å². The second-order valence-corrected chi connectivity index (χ2v) is 8.17. The largest absolute Gasteiger partial charge is 0.478 e. The van der Waals surface area contributed by atoms with Crippen molar-refractivity contribution in [2.75, 3.05) is 0 Å². The highest BCUT2D eigenvalue weighted by Gasteiger charge is 2.21. The van der Waals surface area contributed by atoms with Crippen molar-refractivity contribution in [3.05, 3.63) is 12.7 Å². The topological polar surface area (TPSA) is 37.3 Å². The molecule has 25 heavy (non-hydrogen) atoms. The van der Waals surface area contributed by atoms with Crippen LogP contribution in [0.25, 0.3) is 0 Å². The van der Waals surface area contributed by atoms with Crippen molar-refractivity contribution in [3.8, 4) is 0 Å². The lowest BCUT2D eigenvalue weighted by Crippen LogP contribution is -2.16. The molecule has 2 nitrogen and oxygen atoms in total. The molecule has 0 bridgehead atoms. The number of rotatable bonds is 2. The van der Waals surface area contributed by atoms with E-state index in [1.54, 1.807) is 25.7 Å². The Labute approximate surface area is 156 Å². The Hall–Kier alpha value is -0.790. The van der Waals surface area contributed by atoms with E-state index in [1.807, 2.05) is 0 Å². The van der Waals surface area contributed by atoms with E-state index in [0.29, 0.717) is 0 Å². The fraction of sp³-hybridized carbons (Fsp3) is 0.870. The molecule has 0 amide bonds. The summed E-state index contributed by atoms with van der Waals surface area (Å²) in [7, 11) is 0. The number of carbonyl (C=O) groups is 1. The van der Waals surface area contributed by atoms with E-state index in [2.05, 4.69) is 6.58 Å². The predicted octanol–water partition coefficient (Wildman–Crippen LogP) is 7.52. The average molecular weight is 351 g/mol. The Bertz CT molecular complexity index is 293. The summed E-state index contributed by atoms with van der Waals surface area (Å²) in [6.45, 7) is 2.96. The van der Waals surface area contributed by atoms with Gasteiger partial charge in [0.25, 0.3) is 0 Å². The fourth-order valence-electron chi connectivity index (χ4n) is 4.63. The van der Waals surface area contributed by atoms with Gasteiger partial charge in [0.1, 0.15) is 0 Å². The minimum Gasteiger partial charge on any atom is -0.478 e. The third kappa shape index (κ3) is 12.2. The number of hydrogen-bond donors (Lipinski definition) is 1. The van der Waals surface area contributed by atoms with Gasteiger partial charge in [0.15, 0.2) is 0 Å². The first-order valence-corrected chi connectivity index (χ1v) is 11.1. The molecular weight excluding hydrogens is 308 g/mol. The molecule has 0 radical (unpaired) electrons. The maximum atomic E-state index is 9.25. The van der Waals surface area contributed by atoms with Gasteiger partial charge in [-0.3, -0.25) is 0 Å². The quantitative estimate of drug-likeness (QED) is 0.523. The van der Waals surface area contributed by atoms with Crippen molar-refractivity contribution in [3.63, 3.8) is 0 Å². The summed E-state index contributed by atoms with van der Waals surface area (Å²) in [5.41, 5.74) is 0. The summed E-state index contributed by atoms with van der Waals surface area (Å²) in [5, 5.41) is 7.60. The highest BCUT2D eigenvalue weighted by atomic mass is 16.4. The van der Waals surface area contributed by atoms with Crippen LogP contribution in [-0.2, 0) is 4.79 Å². The standard InChI is InChI=1S/C20H38.C3H4O2/c1-3-7-11-15-19(16-12-8-4-1)20-17-13-9-5-2-6-10-14-18-20;1-2-3(4)5/h19-20H,1-18H2;2H,1H2,(H,4,5). The van der Waals surface area contributed by atoms with Gasteiger partial charge in [-0.05, 0) is 11.8 Å². The molecule has 2 fully saturated rings. The molecule has 0 heterocycles. The zero-order chi connectivity index (χ0) is 18.2. The maximum absolute atomic E-state index is 9.25. The Morgan fingerprint density at radius 2 is 0.800 bits per heavy atom. The fourth-order valence-corrected chi connectivity index (χ4v) is 4.63. The summed E-state index contributed by atoms with van der Waals surface area (Å²) >= 11 is 0. The van der Waals surface area contributed by atoms with Crippen LogP contribution in [0.2, 0.25) is 0 Å². The van der Waals surface area contributed by atoms with E-state index >= 15 is 0 Å². The van der Waals surface area contributed by atoms with Crippen LogP contribution in [0.15, 0.2) is 12.7 Å². The van der Waals surface area contributed by atoms with Crippen LogP contribution in [0.5, 0.6) is 0 Å². The first-order valence-electron chi connectivity index (χ1n) is 11.1. The molecule has 2 aliphatic carbocycles. The Morgan fingerprint density at radius 3 is 1.00 bits per heavy atom. The Morgan fingerprint density at radius 1 is 0.600 bits per heavy atom. The third-order valence-electron chi connectivity index (χ3n) is 6.14. The van der Waals surface area contributed by atoms with Crippen molar-refractivity contribution in [1.82, 2.24) is 0 Å². The van der Waals surface area contributed by atoms with Crippen molar-refractivity contribution in [2.45, 2.75) is 116 Å². The van der Waals surface area contributed by atoms with Crippen LogP contribution in [-0.4, -0.2) is 11.1 Å². The summed E-state index contributed by atoms with van der Waals surface area (Å²) in [6.07, 6.45) is 28.3. The van der Waals surface area contributed by atoms with Gasteiger partial charge in [-0.15, -0.1) is 0 Å². The lowest BCUT2D eigenvalue weighted by atomic mass is 9.77. The molecule has 0 aromatic rings. The van der Waals surface area contributed by atoms with E-state index in [4.69, 9.17) is 5.11 Å². The number of hydrogen-bond acceptors (Lipinski definition) is 1. The average Bonchev–Trinajstić information content (AvgIpc) is 2.64. The molecule has 0 unspecified atom stereocenters. The Balaban J connectivity index is 0.000000550. The van der Waals surface area contributed by atoms with Crippen LogP contribution in [0, 0.1) is 11.8 Å². The zero-order valence-corrected chi connectivity index (χ0v) is 16.5. The molecule has 0 aromatic heterocycles. The van der Waals surface area contributed by atoms with Gasteiger partial charge in [0, 0.05) is 6.08 Å². The van der Waals surface area contributed by atoms with Crippen molar-refractivity contribution >= 4 is 5.97 Å². The molecule has 2 aliphatic rings. The summed E-state index contributed by atoms with van der Waals surface area (Å²) in [5.74, 6) is 1.20. The lowest BCUT2D eigenvalue weighted by Gasteiger charge is -2.29. The number of carboxylic acids is 1. The van der Waals surface area contributed by atoms with Gasteiger partial charge in [-0.2, -0.15) is 0 Å². The van der Waals surface area contributed by atoms with Gasteiger partial charge in [0.05, 0.1) is 0 Å². The minimum absolute atomic E-state index is 0.833. The van der Waals surface area contributed by atoms with Crippen molar-refractivity contribution in [2.24, 2.45) is 11.8 Å². The first kappa shape index (κ1) is 22.3. The molecule has 0 saturated heterocycles. The predicted molar refractivity (Wildman–Crippen MR) is 108 cm³/mol. The lowest BCUT2D eigenvalue weighted by molar-refractivity contribution is -0.131. The SMILES string of the molecule is C1CCCCC(C2CCCCCCCCC2)CCCC1.C=CC(=O)O. The van der Waals surface area contributed by atoms with Crippen LogP contribution in [0.3, 0.4) is 0 Å². The molecule has 146 valence electrons. The Kier molecular flexibility index (Phi) is 13.8. The summed E-state index contributed by atoms with van der Waals surface area (Å²) in [6, 6.07) is 0. The van der Waals surface area contributed by atoms with Crippen molar-refractivity contribution < 1.29 is 9.90 Å². The van der Waals surface area contributed by atoms with Crippen molar-refractivity contribution in [1.29, 1.82) is 0 Å². The molecule has 2 heteroatoms. The molecule has 0 atom stereocenters. The zero-order valence-electron chi connectivity index (χ0n) is 16.5.